The van der Waals surface area contributed by atoms with E-state index in [0.29, 0.717) is 48.3 Å². The summed E-state index contributed by atoms with van der Waals surface area (Å²) in [5, 5.41) is 0. The second kappa shape index (κ2) is 32.2. The second-order valence-corrected chi connectivity index (χ2v) is 29.6. The maximum atomic E-state index is 11.6. The number of likely N-dealkylation sites (tertiary alicyclic amines) is 3. The molecule has 5 saturated heterocycles. The predicted octanol–water partition coefficient (Wildman–Crippen LogP) is 14.0. The zero-order chi connectivity index (χ0) is 50.6. The highest BCUT2D eigenvalue weighted by Gasteiger charge is 2.38. The van der Waals surface area contributed by atoms with Gasteiger partial charge in [-0.25, -0.2) is 21.1 Å². The van der Waals surface area contributed by atoms with Crippen LogP contribution in [0.4, 0.5) is 0 Å². The summed E-state index contributed by atoms with van der Waals surface area (Å²) in [6.07, 6.45) is 18.2. The molecule has 0 aromatic rings. The molecule has 5 fully saturated rings. The molecule has 0 N–H and O–H groups in total. The number of hydrogen-bond acceptors (Lipinski definition) is 7. The fraction of sp³-hybridized carbons (Fsp3) is 0.965. The normalized spacial score (nSPS) is 24.3. The van der Waals surface area contributed by atoms with E-state index in [1.165, 1.54) is 70.4 Å². The molecule has 5 unspecified atom stereocenters. The highest BCUT2D eigenvalue weighted by molar-refractivity contribution is 7.88. The Labute approximate surface area is 440 Å². The molecule has 5 aliphatic rings. The third-order valence-corrected chi connectivity index (χ3v) is 17.3. The minimum Gasteiger partial charge on any atom is -0.343 e. The topological polar surface area (TPSA) is 119 Å². The molecule has 0 bridgehead atoms. The lowest BCUT2D eigenvalue weighted by molar-refractivity contribution is -0.135. The van der Waals surface area contributed by atoms with Gasteiger partial charge in [0.1, 0.15) is 0 Å². The lowest BCUT2D eigenvalue weighted by atomic mass is 9.76. The first-order valence-corrected chi connectivity index (χ1v) is 29.1. The summed E-state index contributed by atoms with van der Waals surface area (Å²) in [5.74, 6) is 1.63. The number of rotatable bonds is 2. The fourth-order valence-electron chi connectivity index (χ4n) is 10.5. The van der Waals surface area contributed by atoms with Crippen molar-refractivity contribution in [2.75, 3.05) is 65.4 Å². The van der Waals surface area contributed by atoms with Crippen LogP contribution in [0.25, 0.3) is 0 Å². The molecular formula is C57H125N5O6S2. The Morgan fingerprint density at radius 3 is 1.13 bits per heavy atom. The number of hydrogen-bond donors (Lipinski definition) is 0. The van der Waals surface area contributed by atoms with Gasteiger partial charge < -0.3 is 14.7 Å². The third kappa shape index (κ3) is 27.9. The Morgan fingerprint density at radius 1 is 0.414 bits per heavy atom. The molecule has 5 rings (SSSR count). The summed E-state index contributed by atoms with van der Waals surface area (Å²) >= 11 is 0. The summed E-state index contributed by atoms with van der Waals surface area (Å²) in [4.78, 5) is 29.1. The van der Waals surface area contributed by atoms with Crippen LogP contribution in [-0.4, -0.2) is 135 Å². The van der Waals surface area contributed by atoms with Crippen LogP contribution in [0.2, 0.25) is 0 Å². The minimum absolute atomic E-state index is 0. The maximum Gasteiger partial charge on any atom is 0.219 e. The number of nitrogens with zero attached hydrogens (tertiary/aromatic N) is 5. The van der Waals surface area contributed by atoms with E-state index >= 15 is 0 Å². The van der Waals surface area contributed by atoms with Crippen molar-refractivity contribution < 1.29 is 26.4 Å². The molecule has 13 heteroatoms. The smallest absolute Gasteiger partial charge is 0.219 e. The average molecular weight is 1040 g/mol. The lowest BCUT2D eigenvalue weighted by Gasteiger charge is -2.43. The van der Waals surface area contributed by atoms with E-state index in [9.17, 15) is 26.4 Å². The van der Waals surface area contributed by atoms with Gasteiger partial charge in [0.2, 0.25) is 31.9 Å². The minimum atomic E-state index is -3.02. The zero-order valence-electron chi connectivity index (χ0n) is 46.0. The van der Waals surface area contributed by atoms with Crippen molar-refractivity contribution in [2.45, 2.75) is 256 Å². The lowest BCUT2D eigenvalue weighted by Crippen LogP contribution is -2.49. The van der Waals surface area contributed by atoms with Gasteiger partial charge in [0.05, 0.1) is 12.5 Å². The summed E-state index contributed by atoms with van der Waals surface area (Å²) in [5.41, 5.74) is 1.29. The van der Waals surface area contributed by atoms with Crippen molar-refractivity contribution in [3.8, 4) is 0 Å². The van der Waals surface area contributed by atoms with Crippen LogP contribution in [0.15, 0.2) is 0 Å². The molecule has 426 valence electrons. The molecule has 5 atom stereocenters. The van der Waals surface area contributed by atoms with E-state index in [2.05, 4.69) is 116 Å². The van der Waals surface area contributed by atoms with E-state index in [1.807, 2.05) is 9.80 Å². The van der Waals surface area contributed by atoms with Crippen molar-refractivity contribution in [3.63, 3.8) is 0 Å². The molecule has 0 aromatic carbocycles. The SMILES string of the molecule is C.C.C.C.C.CC(=O)N1CCCC(C(C)(C)C)C1.CC(=O)N1CCCCC1C(C)(C)C.CC(C)(C)C1CCCCN1S(C)(=O)=O.CC(C)(C)C1CCCN(S(C)(=O)=O)C1.CN1CCCCC1C(C)(C)C. The largest absolute Gasteiger partial charge is 0.343 e. The van der Waals surface area contributed by atoms with Gasteiger partial charge in [0.15, 0.2) is 0 Å². The highest BCUT2D eigenvalue weighted by atomic mass is 32.2. The number of amides is 2. The van der Waals surface area contributed by atoms with Crippen LogP contribution in [0, 0.1) is 38.9 Å². The molecule has 0 aromatic heterocycles. The van der Waals surface area contributed by atoms with E-state index in [-0.39, 0.29) is 71.2 Å². The van der Waals surface area contributed by atoms with Crippen LogP contribution >= 0.6 is 0 Å². The van der Waals surface area contributed by atoms with E-state index in [4.69, 9.17) is 0 Å². The van der Waals surface area contributed by atoms with Gasteiger partial charge in [-0.05, 0) is 123 Å². The Morgan fingerprint density at radius 2 is 0.800 bits per heavy atom. The van der Waals surface area contributed by atoms with E-state index < -0.39 is 20.0 Å². The molecule has 0 saturated carbocycles. The Kier molecular flexibility index (Phi) is 35.7. The van der Waals surface area contributed by atoms with Crippen molar-refractivity contribution >= 4 is 31.9 Å². The van der Waals surface area contributed by atoms with Crippen LogP contribution in [0.5, 0.6) is 0 Å². The summed E-state index contributed by atoms with van der Waals surface area (Å²) < 4.78 is 49.2. The Balaban J connectivity index is -0.000000248. The quantitative estimate of drug-likeness (QED) is 0.270. The molecule has 11 nitrogen and oxygen atoms in total. The second-order valence-electron chi connectivity index (χ2n) is 25.7. The average Bonchev–Trinajstić information content (AvgIpc) is 3.17. The van der Waals surface area contributed by atoms with E-state index in [0.717, 1.165) is 57.8 Å². The number of piperidine rings is 5. The van der Waals surface area contributed by atoms with Gasteiger partial charge in [0.25, 0.3) is 0 Å². The number of carbonyl (C=O) groups is 2. The first kappa shape index (κ1) is 77.6. The van der Waals surface area contributed by atoms with Crippen molar-refractivity contribution in [3.05, 3.63) is 0 Å². The third-order valence-electron chi connectivity index (χ3n) is 14.7. The van der Waals surface area contributed by atoms with Crippen molar-refractivity contribution in [2.24, 2.45) is 38.9 Å². The summed E-state index contributed by atoms with van der Waals surface area (Å²) in [6.45, 7) is 43.0. The zero-order valence-corrected chi connectivity index (χ0v) is 47.7. The molecule has 70 heavy (non-hydrogen) atoms. The molecule has 0 aliphatic carbocycles. The summed E-state index contributed by atoms with van der Waals surface area (Å²) in [7, 11) is -3.75. The van der Waals surface area contributed by atoms with Gasteiger partial charge in [-0.1, -0.05) is 154 Å². The van der Waals surface area contributed by atoms with Gasteiger partial charge in [-0.2, -0.15) is 4.31 Å². The van der Waals surface area contributed by atoms with Gasteiger partial charge >= 0.3 is 0 Å². The van der Waals surface area contributed by atoms with Crippen LogP contribution in [-0.2, 0) is 29.6 Å². The van der Waals surface area contributed by atoms with Crippen LogP contribution in [0.1, 0.15) is 238 Å². The summed E-state index contributed by atoms with van der Waals surface area (Å²) in [6, 6.07) is 1.42. The fourth-order valence-corrected chi connectivity index (χ4v) is 12.7. The molecule has 0 radical (unpaired) electrons. The van der Waals surface area contributed by atoms with Gasteiger partial charge in [0, 0.05) is 71.2 Å². The van der Waals surface area contributed by atoms with Gasteiger partial charge in [-0.15, -0.1) is 0 Å². The molecule has 2 amide bonds. The first-order valence-electron chi connectivity index (χ1n) is 25.4. The van der Waals surface area contributed by atoms with Crippen LogP contribution in [0.3, 0.4) is 0 Å². The van der Waals surface area contributed by atoms with Gasteiger partial charge in [-0.3, -0.25) is 9.59 Å². The van der Waals surface area contributed by atoms with Crippen molar-refractivity contribution in [1.29, 1.82) is 0 Å². The standard InChI is InChI=1S/2C11H21NO.2C10H21NO2S.C10H21N.5CH4/c1-9(13)12-7-5-6-10(8-12)11(2,3)4;1-9(13)12-8-6-5-7-10(12)11(2,3)4;1-10(2,3)9-6-5-7-11(8-9)14(4,12)13;1-10(2,3)9-7-5-6-8-11(9)14(4,12)13;1-10(2,3)9-7-5-6-8-11(9)4;;;;;/h2*10H,5-8H2,1-4H3;2*9H,5-8H2,1-4H3;9H,5-8H2,1-4H3;5*1H4. The number of sulfonamides is 2. The van der Waals surface area contributed by atoms with Crippen molar-refractivity contribution in [1.82, 2.24) is 23.3 Å². The predicted molar refractivity (Wildman–Crippen MR) is 310 cm³/mol. The molecule has 5 heterocycles. The first-order chi connectivity index (χ1) is 29.3. The Hall–Kier alpha value is -1.28. The molecule has 0 spiro atoms. The number of carbonyl (C=O) groups excluding carboxylic acids is 2. The highest BCUT2D eigenvalue weighted by Crippen LogP contribution is 2.36. The molecular weight excluding hydrogens is 915 g/mol. The van der Waals surface area contributed by atoms with E-state index in [1.54, 1.807) is 22.5 Å². The Bertz CT molecular complexity index is 1650. The monoisotopic (exact) mass is 1040 g/mol. The molecule has 5 aliphatic heterocycles. The van der Waals surface area contributed by atoms with Crippen LogP contribution < -0.4 is 0 Å². The maximum absolute atomic E-state index is 11.6.